The number of thiazole rings is 1. The first-order chi connectivity index (χ1) is 14.6. The van der Waals surface area contributed by atoms with E-state index in [1.165, 1.54) is 53.7 Å². The summed E-state index contributed by atoms with van der Waals surface area (Å²) in [6, 6.07) is 8.33. The van der Waals surface area contributed by atoms with Gasteiger partial charge in [-0.15, -0.1) is 23.5 Å². The van der Waals surface area contributed by atoms with Crippen LogP contribution in [0.4, 0.5) is 5.13 Å². The van der Waals surface area contributed by atoms with Crippen LogP contribution in [0, 0.1) is 5.92 Å². The molecule has 1 atom stereocenters. The summed E-state index contributed by atoms with van der Waals surface area (Å²) in [5.41, 5.74) is 1.06. The van der Waals surface area contributed by atoms with Crippen molar-refractivity contribution in [2.24, 2.45) is 5.92 Å². The summed E-state index contributed by atoms with van der Waals surface area (Å²) in [6.45, 7) is 2.17. The average molecular weight is 465 g/mol. The topological polar surface area (TPSA) is 68.3 Å². The maximum absolute atomic E-state index is 13.2. The molecule has 0 saturated heterocycles. The highest BCUT2D eigenvalue weighted by molar-refractivity contribution is 8.01. The monoisotopic (exact) mass is 464 g/mol. The predicted octanol–water partition coefficient (Wildman–Crippen LogP) is 5.82. The molecule has 1 aliphatic carbocycles. The molecule has 1 unspecified atom stereocenters. The van der Waals surface area contributed by atoms with E-state index in [1.807, 2.05) is 0 Å². The molecule has 1 amide bonds. The number of thioether (sulfide) groups is 2. The van der Waals surface area contributed by atoms with Gasteiger partial charge in [0.2, 0.25) is 5.91 Å². The van der Waals surface area contributed by atoms with E-state index in [1.54, 1.807) is 24.9 Å². The second-order valence-corrected chi connectivity index (χ2v) is 10.5. The summed E-state index contributed by atoms with van der Waals surface area (Å²) in [6.07, 6.45) is 9.56. The van der Waals surface area contributed by atoms with Gasteiger partial charge in [0.1, 0.15) is 0 Å². The van der Waals surface area contributed by atoms with E-state index < -0.39 is 0 Å². The molecule has 3 rings (SSSR count). The average Bonchev–Trinajstić information content (AvgIpc) is 3.43. The number of benzene rings is 1. The Hall–Kier alpha value is -1.51. The summed E-state index contributed by atoms with van der Waals surface area (Å²) in [4.78, 5) is 30.2. The van der Waals surface area contributed by atoms with Crippen LogP contribution in [0.25, 0.3) is 0 Å². The minimum atomic E-state index is -0.244. The normalized spacial score (nSPS) is 15.1. The maximum atomic E-state index is 13.2. The Bertz CT molecular complexity index is 832. The molecule has 0 spiro atoms. The van der Waals surface area contributed by atoms with E-state index in [2.05, 4.69) is 40.8 Å². The summed E-state index contributed by atoms with van der Waals surface area (Å²) in [7, 11) is 0. The lowest BCUT2D eigenvalue weighted by Gasteiger charge is -2.20. The van der Waals surface area contributed by atoms with Gasteiger partial charge in [0.05, 0.1) is 28.7 Å². The highest BCUT2D eigenvalue weighted by atomic mass is 32.2. The molecule has 0 radical (unpaired) electrons. The Kier molecular flexibility index (Phi) is 9.08. The van der Waals surface area contributed by atoms with Gasteiger partial charge in [0.15, 0.2) is 5.13 Å². The molecule has 1 fully saturated rings. The lowest BCUT2D eigenvalue weighted by atomic mass is 9.87. The van der Waals surface area contributed by atoms with Crippen molar-refractivity contribution in [1.82, 2.24) is 4.98 Å². The Balaban J connectivity index is 1.65. The van der Waals surface area contributed by atoms with Crippen LogP contribution in [-0.4, -0.2) is 35.5 Å². The Labute approximate surface area is 190 Å². The van der Waals surface area contributed by atoms with Crippen molar-refractivity contribution in [2.45, 2.75) is 54.1 Å². The Morgan fingerprint density at radius 3 is 2.67 bits per heavy atom. The number of hydrogen-bond acceptors (Lipinski definition) is 7. The third kappa shape index (κ3) is 6.75. The molecule has 2 aromatic rings. The first-order valence-electron chi connectivity index (χ1n) is 10.3. The van der Waals surface area contributed by atoms with Crippen LogP contribution in [0.1, 0.15) is 50.5 Å². The van der Waals surface area contributed by atoms with Crippen LogP contribution >= 0.6 is 34.9 Å². The summed E-state index contributed by atoms with van der Waals surface area (Å²) in [5.74, 6) is 0.425. The number of nitrogens with zero attached hydrogens (tertiary/aromatic N) is 1. The largest absolute Gasteiger partial charge is 0.465 e. The maximum Gasteiger partial charge on any atom is 0.316 e. The molecule has 0 bridgehead atoms. The molecular weight excluding hydrogens is 436 g/mol. The van der Waals surface area contributed by atoms with Crippen LogP contribution in [0.15, 0.2) is 39.6 Å². The van der Waals surface area contributed by atoms with Crippen LogP contribution in [0.5, 0.6) is 0 Å². The van der Waals surface area contributed by atoms with Gasteiger partial charge >= 0.3 is 5.97 Å². The zero-order chi connectivity index (χ0) is 21.3. The van der Waals surface area contributed by atoms with E-state index in [9.17, 15) is 9.59 Å². The molecule has 1 aromatic carbocycles. The van der Waals surface area contributed by atoms with Crippen molar-refractivity contribution in [2.75, 3.05) is 23.9 Å². The second-order valence-electron chi connectivity index (χ2n) is 7.28. The van der Waals surface area contributed by atoms with Crippen molar-refractivity contribution in [3.8, 4) is 0 Å². The number of amides is 1. The van der Waals surface area contributed by atoms with Gasteiger partial charge < -0.3 is 10.1 Å². The number of aromatic nitrogens is 1. The van der Waals surface area contributed by atoms with Gasteiger partial charge in [0.25, 0.3) is 0 Å². The molecule has 5 nitrogen and oxygen atoms in total. The third-order valence-corrected chi connectivity index (χ3v) is 8.06. The zero-order valence-electron chi connectivity index (χ0n) is 17.4. The SMILES string of the molecule is CCOC(=O)CSc1cnc(NC(=O)C(CC2CCCC2)c2ccc(SC)cc2)s1. The van der Waals surface area contributed by atoms with Gasteiger partial charge in [0, 0.05) is 4.90 Å². The number of carbonyl (C=O) groups excluding carboxylic acids is 2. The fourth-order valence-electron chi connectivity index (χ4n) is 3.72. The molecular formula is C22H28N2O3S3. The minimum Gasteiger partial charge on any atom is -0.465 e. The fourth-order valence-corrected chi connectivity index (χ4v) is 5.80. The van der Waals surface area contributed by atoms with Gasteiger partial charge in [-0.05, 0) is 43.2 Å². The number of ether oxygens (including phenoxy) is 1. The zero-order valence-corrected chi connectivity index (χ0v) is 19.8. The number of esters is 1. The van der Waals surface area contributed by atoms with Gasteiger partial charge in [-0.3, -0.25) is 9.59 Å². The molecule has 1 heterocycles. The molecule has 1 N–H and O–H groups in total. The van der Waals surface area contributed by atoms with Gasteiger partial charge in [-0.25, -0.2) is 4.98 Å². The number of anilines is 1. The van der Waals surface area contributed by atoms with Crippen LogP contribution in [0.3, 0.4) is 0 Å². The third-order valence-electron chi connectivity index (χ3n) is 5.23. The van der Waals surface area contributed by atoms with Gasteiger partial charge in [-0.2, -0.15) is 0 Å². The highest BCUT2D eigenvalue weighted by Crippen LogP contribution is 2.36. The molecule has 1 aromatic heterocycles. The first kappa shape index (κ1) is 23.2. The van der Waals surface area contributed by atoms with Crippen molar-refractivity contribution < 1.29 is 14.3 Å². The minimum absolute atomic E-state index is 0.00454. The van der Waals surface area contributed by atoms with Crippen molar-refractivity contribution >= 4 is 51.9 Å². The first-order valence-corrected chi connectivity index (χ1v) is 13.3. The number of nitrogens with one attached hydrogen (secondary N) is 1. The van der Waals surface area contributed by atoms with E-state index in [-0.39, 0.29) is 23.5 Å². The molecule has 0 aliphatic heterocycles. The van der Waals surface area contributed by atoms with E-state index >= 15 is 0 Å². The second kappa shape index (κ2) is 11.8. The molecule has 1 saturated carbocycles. The quantitative estimate of drug-likeness (QED) is 0.353. The smallest absolute Gasteiger partial charge is 0.316 e. The molecule has 30 heavy (non-hydrogen) atoms. The highest BCUT2D eigenvalue weighted by Gasteiger charge is 2.27. The number of rotatable bonds is 10. The summed E-state index contributed by atoms with van der Waals surface area (Å²) < 4.78 is 5.83. The van der Waals surface area contributed by atoms with Crippen molar-refractivity contribution in [1.29, 1.82) is 0 Å². The van der Waals surface area contributed by atoms with Crippen molar-refractivity contribution in [3.05, 3.63) is 36.0 Å². The van der Waals surface area contributed by atoms with E-state index in [0.717, 1.165) is 16.2 Å². The lowest BCUT2D eigenvalue weighted by Crippen LogP contribution is -2.23. The molecule has 162 valence electrons. The molecule has 8 heteroatoms. The number of hydrogen-bond donors (Lipinski definition) is 1. The Morgan fingerprint density at radius 2 is 2.00 bits per heavy atom. The fraction of sp³-hybridized carbons (Fsp3) is 0.500. The number of carbonyl (C=O) groups is 2. The van der Waals surface area contributed by atoms with E-state index in [4.69, 9.17) is 4.74 Å². The van der Waals surface area contributed by atoms with Crippen molar-refractivity contribution in [3.63, 3.8) is 0 Å². The van der Waals surface area contributed by atoms with Crippen LogP contribution in [-0.2, 0) is 14.3 Å². The van der Waals surface area contributed by atoms with E-state index in [0.29, 0.717) is 17.7 Å². The molecule has 1 aliphatic rings. The van der Waals surface area contributed by atoms with Crippen LogP contribution in [0.2, 0.25) is 0 Å². The summed E-state index contributed by atoms with van der Waals surface area (Å²) >= 11 is 4.47. The lowest BCUT2D eigenvalue weighted by molar-refractivity contribution is -0.139. The predicted molar refractivity (Wildman–Crippen MR) is 126 cm³/mol. The Morgan fingerprint density at radius 1 is 1.27 bits per heavy atom. The standard InChI is InChI=1S/C22H28N2O3S3/c1-3-27-19(25)14-29-20-13-23-22(30-20)24-21(26)18(12-15-6-4-5-7-15)16-8-10-17(28-2)11-9-16/h8-11,13,15,18H,3-7,12,14H2,1-2H3,(H,23,24,26). The summed E-state index contributed by atoms with van der Waals surface area (Å²) in [5, 5.41) is 3.58. The van der Waals surface area contributed by atoms with Gasteiger partial charge in [-0.1, -0.05) is 49.2 Å². The van der Waals surface area contributed by atoms with Crippen LogP contribution < -0.4 is 5.32 Å².